The van der Waals surface area contributed by atoms with Gasteiger partial charge in [-0.15, -0.1) is 0 Å². The minimum Gasteiger partial charge on any atom is -0.494 e. The molecule has 6 nitrogen and oxygen atoms in total. The lowest BCUT2D eigenvalue weighted by molar-refractivity contribution is -0.105. The number of anilines is 1. The van der Waals surface area contributed by atoms with Crippen molar-refractivity contribution in [2.75, 3.05) is 11.9 Å². The number of aromatic hydroxyl groups is 1. The molecule has 0 aromatic carbocycles. The average Bonchev–Trinajstić information content (AvgIpc) is 2.19. The first-order chi connectivity index (χ1) is 7.11. The third-order valence-electron chi connectivity index (χ3n) is 2.00. The molecular weight excluding hydrogens is 200 g/mol. The number of amides is 1. The summed E-state index contributed by atoms with van der Waals surface area (Å²) in [6.07, 6.45) is 0.393. The van der Waals surface area contributed by atoms with Gasteiger partial charge in [0, 0.05) is 6.07 Å². The number of carbonyl (C=O) groups is 1. The SMILES string of the molecule is Cc1cc(O)n(CCO)c(=O)c1NC=O. The molecule has 3 N–H and O–H groups in total. The highest BCUT2D eigenvalue weighted by Crippen LogP contribution is 2.15. The van der Waals surface area contributed by atoms with E-state index in [4.69, 9.17) is 5.11 Å². The van der Waals surface area contributed by atoms with Crippen LogP contribution in [0.2, 0.25) is 0 Å². The van der Waals surface area contributed by atoms with Crippen molar-refractivity contribution in [3.8, 4) is 5.88 Å². The van der Waals surface area contributed by atoms with E-state index >= 15 is 0 Å². The third kappa shape index (κ3) is 2.16. The molecule has 1 aromatic rings. The third-order valence-corrected chi connectivity index (χ3v) is 2.00. The monoisotopic (exact) mass is 212 g/mol. The van der Waals surface area contributed by atoms with Gasteiger partial charge in [-0.1, -0.05) is 0 Å². The number of aryl methyl sites for hydroxylation is 1. The second kappa shape index (κ2) is 4.61. The summed E-state index contributed by atoms with van der Waals surface area (Å²) in [5, 5.41) is 20.4. The van der Waals surface area contributed by atoms with Crippen LogP contribution in [0.1, 0.15) is 5.56 Å². The summed E-state index contributed by atoms with van der Waals surface area (Å²) in [7, 11) is 0. The van der Waals surface area contributed by atoms with Crippen molar-refractivity contribution in [2.45, 2.75) is 13.5 Å². The van der Waals surface area contributed by atoms with Crippen molar-refractivity contribution in [1.82, 2.24) is 4.57 Å². The fraction of sp³-hybridized carbons (Fsp3) is 0.333. The minimum absolute atomic E-state index is 0.0154. The first-order valence-corrected chi connectivity index (χ1v) is 4.36. The van der Waals surface area contributed by atoms with Crippen LogP contribution in [0, 0.1) is 6.92 Å². The Kier molecular flexibility index (Phi) is 3.46. The molecule has 0 aliphatic heterocycles. The smallest absolute Gasteiger partial charge is 0.277 e. The summed E-state index contributed by atoms with van der Waals surface area (Å²) < 4.78 is 0.985. The summed E-state index contributed by atoms with van der Waals surface area (Å²) in [5.41, 5.74) is 0.0451. The number of aromatic nitrogens is 1. The highest BCUT2D eigenvalue weighted by Gasteiger charge is 2.10. The van der Waals surface area contributed by atoms with Crippen molar-refractivity contribution < 1.29 is 15.0 Å². The fourth-order valence-corrected chi connectivity index (χ4v) is 1.30. The zero-order valence-corrected chi connectivity index (χ0v) is 8.23. The first kappa shape index (κ1) is 11.3. The lowest BCUT2D eigenvalue weighted by Crippen LogP contribution is -2.25. The highest BCUT2D eigenvalue weighted by atomic mass is 16.3. The molecule has 0 radical (unpaired) electrons. The van der Waals surface area contributed by atoms with E-state index in [0.29, 0.717) is 12.0 Å². The maximum atomic E-state index is 11.7. The van der Waals surface area contributed by atoms with E-state index < -0.39 is 5.56 Å². The second-order valence-electron chi connectivity index (χ2n) is 3.00. The number of hydrogen-bond donors (Lipinski definition) is 3. The van der Waals surface area contributed by atoms with E-state index in [1.165, 1.54) is 6.07 Å². The van der Waals surface area contributed by atoms with Gasteiger partial charge in [-0.2, -0.15) is 0 Å². The van der Waals surface area contributed by atoms with Crippen LogP contribution in [0.25, 0.3) is 0 Å². The van der Waals surface area contributed by atoms with Gasteiger partial charge in [0.15, 0.2) is 5.88 Å². The lowest BCUT2D eigenvalue weighted by atomic mass is 10.2. The van der Waals surface area contributed by atoms with Crippen LogP contribution in [-0.4, -0.2) is 27.8 Å². The maximum Gasteiger partial charge on any atom is 0.277 e. The topological polar surface area (TPSA) is 91.6 Å². The number of hydrogen-bond acceptors (Lipinski definition) is 4. The van der Waals surface area contributed by atoms with E-state index in [-0.39, 0.29) is 24.7 Å². The Labute approximate surface area is 85.8 Å². The van der Waals surface area contributed by atoms with Gasteiger partial charge in [0.2, 0.25) is 6.41 Å². The lowest BCUT2D eigenvalue weighted by Gasteiger charge is -2.10. The number of nitrogens with zero attached hydrogens (tertiary/aromatic N) is 1. The molecule has 1 aromatic heterocycles. The molecule has 0 bridgehead atoms. The molecule has 82 valence electrons. The molecule has 0 saturated heterocycles. The first-order valence-electron chi connectivity index (χ1n) is 4.36. The van der Waals surface area contributed by atoms with Crippen molar-refractivity contribution in [1.29, 1.82) is 0 Å². The van der Waals surface area contributed by atoms with Gasteiger partial charge < -0.3 is 15.5 Å². The number of rotatable bonds is 4. The summed E-state index contributed by atoms with van der Waals surface area (Å²) in [6, 6.07) is 1.35. The van der Waals surface area contributed by atoms with Crippen LogP contribution in [0.4, 0.5) is 5.69 Å². The molecule has 0 aliphatic carbocycles. The number of aliphatic hydroxyl groups is 1. The Morgan fingerprint density at radius 1 is 1.60 bits per heavy atom. The van der Waals surface area contributed by atoms with Crippen LogP contribution in [0.3, 0.4) is 0 Å². The normalized spacial score (nSPS) is 10.0. The summed E-state index contributed by atoms with van der Waals surface area (Å²) >= 11 is 0. The van der Waals surface area contributed by atoms with Gasteiger partial charge in [-0.3, -0.25) is 14.2 Å². The Hall–Kier alpha value is -1.82. The van der Waals surface area contributed by atoms with Gasteiger partial charge >= 0.3 is 0 Å². The predicted octanol–water partition coefficient (Wildman–Crippen LogP) is -0.577. The van der Waals surface area contributed by atoms with E-state index in [1.54, 1.807) is 6.92 Å². The van der Waals surface area contributed by atoms with E-state index in [1.807, 2.05) is 0 Å². The molecule has 0 spiro atoms. The van der Waals surface area contributed by atoms with Crippen LogP contribution in [-0.2, 0) is 11.3 Å². The van der Waals surface area contributed by atoms with Crippen LogP contribution >= 0.6 is 0 Å². The maximum absolute atomic E-state index is 11.7. The van der Waals surface area contributed by atoms with E-state index in [9.17, 15) is 14.7 Å². The quantitative estimate of drug-likeness (QED) is 0.582. The molecule has 0 fully saturated rings. The van der Waals surface area contributed by atoms with E-state index in [0.717, 1.165) is 4.57 Å². The Morgan fingerprint density at radius 2 is 2.27 bits per heavy atom. The molecule has 1 rings (SSSR count). The summed E-state index contributed by atoms with van der Waals surface area (Å²) in [5.74, 6) is -0.233. The number of aliphatic hydroxyl groups excluding tert-OH is 1. The highest BCUT2D eigenvalue weighted by molar-refractivity contribution is 5.72. The second-order valence-corrected chi connectivity index (χ2v) is 3.00. The average molecular weight is 212 g/mol. The van der Waals surface area contributed by atoms with Crippen LogP contribution < -0.4 is 10.9 Å². The zero-order chi connectivity index (χ0) is 11.4. The van der Waals surface area contributed by atoms with Gasteiger partial charge in [0.25, 0.3) is 5.56 Å². The van der Waals surface area contributed by atoms with Crippen LogP contribution in [0.15, 0.2) is 10.9 Å². The number of carbonyl (C=O) groups excluding carboxylic acids is 1. The van der Waals surface area contributed by atoms with Gasteiger partial charge in [-0.05, 0) is 12.5 Å². The number of pyridine rings is 1. The minimum atomic E-state index is -0.534. The summed E-state index contributed by atoms with van der Waals surface area (Å²) in [4.78, 5) is 21.9. The van der Waals surface area contributed by atoms with Gasteiger partial charge in [-0.25, -0.2) is 0 Å². The molecule has 0 aliphatic rings. The Bertz CT molecular complexity index is 425. The molecule has 0 atom stereocenters. The molecule has 1 amide bonds. The Morgan fingerprint density at radius 3 is 2.80 bits per heavy atom. The molecule has 6 heteroatoms. The molecule has 0 unspecified atom stereocenters. The van der Waals surface area contributed by atoms with Gasteiger partial charge in [0.05, 0.1) is 13.2 Å². The van der Waals surface area contributed by atoms with Crippen molar-refractivity contribution in [3.05, 3.63) is 22.0 Å². The van der Waals surface area contributed by atoms with Gasteiger partial charge in [0.1, 0.15) is 5.69 Å². The van der Waals surface area contributed by atoms with E-state index in [2.05, 4.69) is 5.32 Å². The predicted molar refractivity (Wildman–Crippen MR) is 53.9 cm³/mol. The van der Waals surface area contributed by atoms with Crippen molar-refractivity contribution in [3.63, 3.8) is 0 Å². The molecular formula is C9H12N2O4. The number of nitrogens with one attached hydrogen (secondary N) is 1. The van der Waals surface area contributed by atoms with Crippen molar-refractivity contribution >= 4 is 12.1 Å². The zero-order valence-electron chi connectivity index (χ0n) is 8.23. The molecule has 15 heavy (non-hydrogen) atoms. The van der Waals surface area contributed by atoms with Crippen molar-refractivity contribution in [2.24, 2.45) is 0 Å². The largest absolute Gasteiger partial charge is 0.494 e. The van der Waals surface area contributed by atoms with Crippen LogP contribution in [0.5, 0.6) is 5.88 Å². The fourth-order valence-electron chi connectivity index (χ4n) is 1.30. The Balaban J connectivity index is 3.35. The molecule has 0 saturated carbocycles. The standard InChI is InChI=1S/C9H12N2O4/c1-6-4-7(14)11(2-3-12)9(15)8(6)10-5-13/h4-5,12,14H,2-3H2,1H3,(H,10,13). The molecule has 1 heterocycles. The summed E-state index contributed by atoms with van der Waals surface area (Å²) in [6.45, 7) is 1.31.